The number of nitrogens with zero attached hydrogens (tertiary/aromatic N) is 4. The number of benzene rings is 1. The van der Waals surface area contributed by atoms with Gasteiger partial charge in [0.25, 0.3) is 0 Å². The first-order valence-corrected chi connectivity index (χ1v) is 22.0. The number of anilines is 1. The van der Waals surface area contributed by atoms with E-state index < -0.39 is 50.6 Å². The van der Waals surface area contributed by atoms with E-state index in [9.17, 15) is 24.9 Å². The monoisotopic (exact) mass is 801 g/mol. The number of hydrogen-bond donors (Lipinski definition) is 4. The van der Waals surface area contributed by atoms with Crippen molar-refractivity contribution in [3.63, 3.8) is 0 Å². The average Bonchev–Trinajstić information content (AvgIpc) is 3.74. The Bertz CT molecular complexity index is 1640. The normalized spacial score (nSPS) is 21.9. The van der Waals surface area contributed by atoms with E-state index in [4.69, 9.17) is 29.0 Å². The molecule has 1 unspecified atom stereocenters. The van der Waals surface area contributed by atoms with Crippen LogP contribution in [0.15, 0.2) is 48.8 Å². The molecule has 0 amide bonds. The molecule has 3 heterocycles. The highest BCUT2D eigenvalue weighted by Crippen LogP contribution is 2.47. The predicted octanol–water partition coefficient (Wildman–Crippen LogP) is 7.54. The fourth-order valence-corrected chi connectivity index (χ4v) is 8.03. The molecule has 0 bridgehead atoms. The Morgan fingerprint density at radius 1 is 0.946 bits per heavy atom. The number of aliphatic hydroxyl groups excluding tert-OH is 2. The van der Waals surface area contributed by atoms with Crippen LogP contribution in [-0.2, 0) is 40.0 Å². The number of unbranched alkanes of at least 4 members (excludes halogenated alkanes) is 15. The maximum atomic E-state index is 13.2. The summed E-state index contributed by atoms with van der Waals surface area (Å²) in [5, 5.41) is 36.1. The van der Waals surface area contributed by atoms with Gasteiger partial charge in [-0.3, -0.25) is 9.05 Å². The van der Waals surface area contributed by atoms with E-state index in [2.05, 4.69) is 17.0 Å². The van der Waals surface area contributed by atoms with Crippen LogP contribution >= 0.6 is 7.82 Å². The van der Waals surface area contributed by atoms with Gasteiger partial charge < -0.3 is 35.1 Å². The SMILES string of the molecule is CCCCCCCCCCCCCCCCCCOC[C@@H](OCc1ccccc1)[C@@H](C)OP(=O)(O)OC[C@H]1O[C@@](C#N)(c2ccc3c(N)ncnn23)[C@H](O)[C@@H]1O. The minimum absolute atomic E-state index is 0.0909. The number of nitrogens with two attached hydrogens (primary N) is 1. The van der Waals surface area contributed by atoms with Gasteiger partial charge in [-0.05, 0) is 31.0 Å². The number of aliphatic hydroxyl groups is 2. The Labute approximate surface area is 332 Å². The van der Waals surface area contributed by atoms with Crippen molar-refractivity contribution in [2.75, 3.05) is 25.6 Å². The summed E-state index contributed by atoms with van der Waals surface area (Å²) in [6.45, 7) is 4.08. The number of rotatable bonds is 29. The van der Waals surface area contributed by atoms with Gasteiger partial charge in [0.05, 0.1) is 31.6 Å². The van der Waals surface area contributed by atoms with Crippen molar-refractivity contribution in [2.45, 2.75) is 159 Å². The molecule has 2 aromatic heterocycles. The zero-order valence-electron chi connectivity index (χ0n) is 33.3. The molecule has 1 aliphatic heterocycles. The molecule has 1 aromatic carbocycles. The molecular formula is C41H64N5O9P. The van der Waals surface area contributed by atoms with Crippen molar-refractivity contribution in [3.05, 3.63) is 60.0 Å². The summed E-state index contributed by atoms with van der Waals surface area (Å²) in [6.07, 6.45) is 15.3. The molecule has 3 aromatic rings. The molecule has 15 heteroatoms. The zero-order chi connectivity index (χ0) is 40.2. The number of phosphoric ester groups is 1. The number of fused-ring (bicyclic) bond motifs is 1. The van der Waals surface area contributed by atoms with Crippen LogP contribution in [0.4, 0.5) is 5.82 Å². The number of ether oxygens (including phenoxy) is 3. The number of nitrogen functional groups attached to an aromatic ring is 1. The first kappa shape index (κ1) is 45.7. The maximum Gasteiger partial charge on any atom is 0.472 e. The summed E-state index contributed by atoms with van der Waals surface area (Å²) < 4.78 is 43.2. The van der Waals surface area contributed by atoms with Crippen LogP contribution in [0.5, 0.6) is 0 Å². The summed E-state index contributed by atoms with van der Waals surface area (Å²) in [6, 6.07) is 14.5. The second kappa shape index (κ2) is 24.1. The largest absolute Gasteiger partial charge is 0.472 e. The van der Waals surface area contributed by atoms with Crippen molar-refractivity contribution in [1.82, 2.24) is 14.6 Å². The van der Waals surface area contributed by atoms with E-state index in [1.807, 2.05) is 36.4 Å². The van der Waals surface area contributed by atoms with E-state index in [1.165, 1.54) is 100 Å². The number of hydrogen-bond acceptors (Lipinski definition) is 12. The van der Waals surface area contributed by atoms with E-state index >= 15 is 0 Å². The third-order valence-corrected chi connectivity index (χ3v) is 11.5. The summed E-state index contributed by atoms with van der Waals surface area (Å²) in [5.41, 5.74) is 5.21. The number of aromatic nitrogens is 3. The predicted molar refractivity (Wildman–Crippen MR) is 213 cm³/mol. The molecule has 1 aliphatic rings. The molecule has 312 valence electrons. The maximum absolute atomic E-state index is 13.2. The van der Waals surface area contributed by atoms with Gasteiger partial charge in [0.1, 0.15) is 42.3 Å². The van der Waals surface area contributed by atoms with Gasteiger partial charge in [-0.15, -0.1) is 0 Å². The van der Waals surface area contributed by atoms with Crippen molar-refractivity contribution >= 4 is 19.2 Å². The topological polar surface area (TPSA) is 204 Å². The lowest BCUT2D eigenvalue weighted by Crippen LogP contribution is -2.41. The number of phosphoric acid groups is 1. The highest BCUT2D eigenvalue weighted by atomic mass is 31.2. The molecule has 0 radical (unpaired) electrons. The third kappa shape index (κ3) is 13.9. The Morgan fingerprint density at radius 3 is 2.16 bits per heavy atom. The smallest absolute Gasteiger partial charge is 0.387 e. The van der Waals surface area contributed by atoms with Crippen LogP contribution in [-0.4, -0.2) is 80.0 Å². The van der Waals surface area contributed by atoms with Gasteiger partial charge in [-0.1, -0.05) is 134 Å². The van der Waals surface area contributed by atoms with Crippen molar-refractivity contribution in [1.29, 1.82) is 5.26 Å². The molecule has 1 saturated heterocycles. The minimum Gasteiger partial charge on any atom is -0.387 e. The van der Waals surface area contributed by atoms with E-state index in [-0.39, 0.29) is 24.7 Å². The number of nitriles is 1. The van der Waals surface area contributed by atoms with Crippen LogP contribution in [0.2, 0.25) is 0 Å². The van der Waals surface area contributed by atoms with Crippen LogP contribution in [0.25, 0.3) is 5.52 Å². The fraction of sp³-hybridized carbons (Fsp3) is 0.683. The molecule has 0 aliphatic carbocycles. The second-order valence-electron chi connectivity index (χ2n) is 14.9. The standard InChI is InChI=1S/C41H64N5O9P/c1-3-4-5-6-7-8-9-10-11-12-13-14-15-16-17-21-26-51-28-35(52-27-33-22-19-18-20-23-33)32(2)55-56(49,50)53-29-36-38(47)39(48)41(30-42,54-36)37-25-24-34-40(43)44-31-45-46(34)37/h18-20,22-25,31-32,35-36,38-39,47-48H,3-17,21,26-29H2,1-2H3,(H,49,50)(H2,43,44,45)/t32-,35-,36-,38-,39-,41+/m1/s1. The van der Waals surface area contributed by atoms with Crippen LogP contribution < -0.4 is 5.73 Å². The van der Waals surface area contributed by atoms with Crippen LogP contribution in [0, 0.1) is 11.3 Å². The van der Waals surface area contributed by atoms with Crippen LogP contribution in [0.3, 0.4) is 0 Å². The molecule has 14 nitrogen and oxygen atoms in total. The lowest BCUT2D eigenvalue weighted by Gasteiger charge is -2.27. The minimum atomic E-state index is -4.76. The summed E-state index contributed by atoms with van der Waals surface area (Å²) in [5.74, 6) is 0.136. The Hall–Kier alpha value is -2.96. The van der Waals surface area contributed by atoms with Crippen molar-refractivity contribution < 1.29 is 42.9 Å². The van der Waals surface area contributed by atoms with Crippen molar-refractivity contribution in [3.8, 4) is 6.07 Å². The molecular weight excluding hydrogens is 737 g/mol. The molecule has 1 fully saturated rings. The molecule has 7 atom stereocenters. The summed E-state index contributed by atoms with van der Waals surface area (Å²) in [7, 11) is -4.76. The lowest BCUT2D eigenvalue weighted by molar-refractivity contribution is -0.0860. The highest BCUT2D eigenvalue weighted by molar-refractivity contribution is 7.47. The van der Waals surface area contributed by atoms with E-state index in [1.54, 1.807) is 13.0 Å². The lowest BCUT2D eigenvalue weighted by atomic mass is 9.92. The highest BCUT2D eigenvalue weighted by Gasteiger charge is 2.58. The fourth-order valence-electron chi connectivity index (χ4n) is 7.07. The zero-order valence-corrected chi connectivity index (χ0v) is 34.1. The summed E-state index contributed by atoms with van der Waals surface area (Å²) in [4.78, 5) is 14.6. The molecule has 5 N–H and O–H groups in total. The van der Waals surface area contributed by atoms with Gasteiger partial charge in [0.15, 0.2) is 5.82 Å². The van der Waals surface area contributed by atoms with Crippen LogP contribution in [0.1, 0.15) is 128 Å². The van der Waals surface area contributed by atoms with E-state index in [0.717, 1.165) is 24.8 Å². The van der Waals surface area contributed by atoms with Gasteiger partial charge in [0.2, 0.25) is 5.60 Å². The Balaban J connectivity index is 1.18. The quantitative estimate of drug-likeness (QED) is 0.0396. The second-order valence-corrected chi connectivity index (χ2v) is 16.3. The molecule has 4 rings (SSSR count). The Morgan fingerprint density at radius 2 is 1.55 bits per heavy atom. The first-order valence-electron chi connectivity index (χ1n) is 20.5. The van der Waals surface area contributed by atoms with Crippen molar-refractivity contribution in [2.24, 2.45) is 0 Å². The molecule has 56 heavy (non-hydrogen) atoms. The van der Waals surface area contributed by atoms with E-state index in [0.29, 0.717) is 12.1 Å². The van der Waals surface area contributed by atoms with Gasteiger partial charge >= 0.3 is 7.82 Å². The molecule has 0 spiro atoms. The van der Waals surface area contributed by atoms with Gasteiger partial charge in [-0.2, -0.15) is 10.4 Å². The summed E-state index contributed by atoms with van der Waals surface area (Å²) >= 11 is 0. The molecule has 0 saturated carbocycles. The van der Waals surface area contributed by atoms with Gasteiger partial charge in [0, 0.05) is 6.61 Å². The Kier molecular flexibility index (Phi) is 19.7. The van der Waals surface area contributed by atoms with Gasteiger partial charge in [-0.25, -0.2) is 14.1 Å². The first-order chi connectivity index (χ1) is 27.1. The average molecular weight is 802 g/mol. The third-order valence-electron chi connectivity index (χ3n) is 10.4.